The van der Waals surface area contributed by atoms with Crippen molar-refractivity contribution < 1.29 is 23.6 Å². The normalized spacial score (nSPS) is 13.2. The van der Waals surface area contributed by atoms with Crippen molar-refractivity contribution in [3.05, 3.63) is 69.5 Å². The van der Waals surface area contributed by atoms with Crippen molar-refractivity contribution in [1.82, 2.24) is 5.32 Å². The quantitative estimate of drug-likeness (QED) is 0.435. The lowest BCUT2D eigenvalue weighted by Gasteiger charge is -2.20. The fourth-order valence-electron chi connectivity index (χ4n) is 3.10. The monoisotopic (exact) mass is 401 g/mol. The minimum atomic E-state index is -0.799. The second-order valence-corrected chi connectivity index (χ2v) is 6.63. The van der Waals surface area contributed by atoms with Crippen molar-refractivity contribution in [1.29, 1.82) is 0 Å². The van der Waals surface area contributed by atoms with Gasteiger partial charge in [0.05, 0.1) is 16.2 Å². The van der Waals surface area contributed by atoms with Crippen molar-refractivity contribution in [3.8, 4) is 0 Å². The Morgan fingerprint density at radius 3 is 2.48 bits per heavy atom. The lowest BCUT2D eigenvalue weighted by molar-refractivity contribution is -0.384. The third kappa shape index (κ3) is 5.28. The van der Waals surface area contributed by atoms with E-state index >= 15 is 0 Å². The first-order valence-electron chi connectivity index (χ1n) is 9.15. The van der Waals surface area contributed by atoms with Crippen LogP contribution in [0.2, 0.25) is 0 Å². The van der Waals surface area contributed by atoms with Crippen LogP contribution in [0.3, 0.4) is 0 Å². The van der Waals surface area contributed by atoms with Gasteiger partial charge in [0.1, 0.15) is 5.82 Å². The zero-order valence-electron chi connectivity index (χ0n) is 15.6. The number of carbonyl (C=O) groups is 2. The molecule has 1 aliphatic heterocycles. The number of rotatable bonds is 7. The summed E-state index contributed by atoms with van der Waals surface area (Å²) >= 11 is 0. The average molecular weight is 401 g/mol. The van der Waals surface area contributed by atoms with Crippen molar-refractivity contribution in [2.24, 2.45) is 0 Å². The Morgan fingerprint density at radius 1 is 1.14 bits per heavy atom. The molecule has 8 nitrogen and oxygen atoms in total. The Labute approximate surface area is 166 Å². The highest BCUT2D eigenvalue weighted by Gasteiger charge is 2.24. The maximum atomic E-state index is 12.9. The number of nitro groups is 1. The molecule has 0 aromatic heterocycles. The number of esters is 1. The Balaban J connectivity index is 1.62. The average Bonchev–Trinajstić information content (AvgIpc) is 3.25. The highest BCUT2D eigenvalue weighted by Crippen LogP contribution is 2.28. The van der Waals surface area contributed by atoms with Crippen molar-refractivity contribution >= 4 is 23.3 Å². The van der Waals surface area contributed by atoms with E-state index in [1.807, 2.05) is 4.90 Å². The molecule has 1 saturated heterocycles. The van der Waals surface area contributed by atoms with Gasteiger partial charge < -0.3 is 15.0 Å². The molecule has 0 unspecified atom stereocenters. The van der Waals surface area contributed by atoms with E-state index in [1.54, 1.807) is 0 Å². The summed E-state index contributed by atoms with van der Waals surface area (Å²) in [5, 5.41) is 13.6. The Morgan fingerprint density at radius 2 is 1.83 bits per heavy atom. The molecule has 1 heterocycles. The summed E-state index contributed by atoms with van der Waals surface area (Å²) in [6.07, 6.45) is 1.94. The van der Waals surface area contributed by atoms with Crippen LogP contribution < -0.4 is 10.2 Å². The summed E-state index contributed by atoms with van der Waals surface area (Å²) in [4.78, 5) is 36.9. The molecular weight excluding hydrogens is 381 g/mol. The van der Waals surface area contributed by atoms with E-state index in [0.29, 0.717) is 11.3 Å². The molecule has 0 saturated carbocycles. The summed E-state index contributed by atoms with van der Waals surface area (Å²) in [6.45, 7) is 1.13. The van der Waals surface area contributed by atoms with Crippen LogP contribution in [0.4, 0.5) is 15.8 Å². The van der Waals surface area contributed by atoms with Gasteiger partial charge in [0.2, 0.25) is 0 Å². The summed E-state index contributed by atoms with van der Waals surface area (Å²) in [5.41, 5.74) is 1.10. The first-order valence-corrected chi connectivity index (χ1v) is 9.15. The zero-order chi connectivity index (χ0) is 20.8. The van der Waals surface area contributed by atoms with Gasteiger partial charge in [-0.25, -0.2) is 9.18 Å². The van der Waals surface area contributed by atoms with Crippen LogP contribution in [0.5, 0.6) is 0 Å². The fraction of sp³-hybridized carbons (Fsp3) is 0.300. The van der Waals surface area contributed by atoms with Crippen LogP contribution in [0.25, 0.3) is 0 Å². The van der Waals surface area contributed by atoms with Gasteiger partial charge in [0, 0.05) is 31.8 Å². The molecular formula is C20H20FN3O5. The molecule has 1 fully saturated rings. The number of anilines is 1. The fourth-order valence-corrected chi connectivity index (χ4v) is 3.10. The van der Waals surface area contributed by atoms with Crippen LogP contribution in [0, 0.1) is 15.9 Å². The Kier molecular flexibility index (Phi) is 6.38. The number of ether oxygens (including phenoxy) is 1. The zero-order valence-corrected chi connectivity index (χ0v) is 15.6. The molecule has 3 rings (SSSR count). The van der Waals surface area contributed by atoms with E-state index in [4.69, 9.17) is 4.74 Å². The summed E-state index contributed by atoms with van der Waals surface area (Å²) in [7, 11) is 0. The highest BCUT2D eigenvalue weighted by atomic mass is 19.1. The molecule has 0 atom stereocenters. The number of benzene rings is 2. The molecule has 29 heavy (non-hydrogen) atoms. The number of amides is 1. The van der Waals surface area contributed by atoms with Crippen molar-refractivity contribution in [3.63, 3.8) is 0 Å². The smallest absolute Gasteiger partial charge is 0.341 e. The van der Waals surface area contributed by atoms with Gasteiger partial charge in [-0.3, -0.25) is 14.9 Å². The van der Waals surface area contributed by atoms with Gasteiger partial charge in [-0.05, 0) is 36.6 Å². The number of nitrogens with zero attached hydrogens (tertiary/aromatic N) is 2. The van der Waals surface area contributed by atoms with Gasteiger partial charge in [0.25, 0.3) is 11.6 Å². The van der Waals surface area contributed by atoms with E-state index in [2.05, 4.69) is 5.32 Å². The molecule has 1 N–H and O–H groups in total. The van der Waals surface area contributed by atoms with Crippen molar-refractivity contribution in [2.45, 2.75) is 19.4 Å². The topological polar surface area (TPSA) is 102 Å². The third-order valence-electron chi connectivity index (χ3n) is 4.59. The number of non-ortho nitro benzene ring substituents is 1. The van der Waals surface area contributed by atoms with Crippen LogP contribution in [0.1, 0.15) is 28.8 Å². The molecule has 9 heteroatoms. The number of hydrogen-bond donors (Lipinski definition) is 1. The van der Waals surface area contributed by atoms with Gasteiger partial charge in [-0.15, -0.1) is 0 Å². The molecule has 0 bridgehead atoms. The van der Waals surface area contributed by atoms with Gasteiger partial charge in [-0.1, -0.05) is 12.1 Å². The Hall–Kier alpha value is -3.49. The van der Waals surface area contributed by atoms with Crippen LogP contribution in [0.15, 0.2) is 42.5 Å². The summed E-state index contributed by atoms with van der Waals surface area (Å²) in [6, 6.07) is 9.69. The van der Waals surface area contributed by atoms with Gasteiger partial charge in [0.15, 0.2) is 6.61 Å². The number of carbonyl (C=O) groups excluding carboxylic acids is 2. The lowest BCUT2D eigenvalue weighted by Crippen LogP contribution is -2.29. The van der Waals surface area contributed by atoms with Crippen molar-refractivity contribution in [2.75, 3.05) is 24.6 Å². The molecule has 2 aromatic rings. The maximum absolute atomic E-state index is 12.9. The predicted molar refractivity (Wildman–Crippen MR) is 103 cm³/mol. The Bertz CT molecular complexity index is 911. The van der Waals surface area contributed by atoms with Gasteiger partial charge >= 0.3 is 5.97 Å². The van der Waals surface area contributed by atoms with E-state index < -0.39 is 23.4 Å². The number of nitro benzene ring substituents is 1. The predicted octanol–water partition coefficient (Wildman–Crippen LogP) is 2.81. The standard InChI is InChI=1S/C20H20FN3O5/c21-15-5-3-14(4-6-15)12-22-19(25)13-29-20(26)17-11-16(24(27)28)7-8-18(17)23-9-1-2-10-23/h3-8,11H,1-2,9-10,12-13H2,(H,22,25). The number of nitrogens with one attached hydrogen (secondary N) is 1. The largest absolute Gasteiger partial charge is 0.452 e. The molecule has 0 radical (unpaired) electrons. The first kappa shape index (κ1) is 20.2. The molecule has 1 aliphatic rings. The maximum Gasteiger partial charge on any atom is 0.341 e. The number of hydrogen-bond acceptors (Lipinski definition) is 6. The van der Waals surface area contributed by atoms with E-state index in [1.165, 1.54) is 42.5 Å². The SMILES string of the molecule is O=C(COC(=O)c1cc([N+](=O)[O-])ccc1N1CCCC1)NCc1ccc(F)cc1. The van der Waals surface area contributed by atoms with E-state index in [0.717, 1.165) is 25.9 Å². The minimum Gasteiger partial charge on any atom is -0.452 e. The summed E-state index contributed by atoms with van der Waals surface area (Å²) < 4.78 is 18.0. The van der Waals surface area contributed by atoms with Gasteiger partial charge in [-0.2, -0.15) is 0 Å². The van der Waals surface area contributed by atoms with Crippen LogP contribution in [-0.4, -0.2) is 36.5 Å². The minimum absolute atomic E-state index is 0.0624. The molecule has 1 amide bonds. The van der Waals surface area contributed by atoms with E-state index in [9.17, 15) is 24.1 Å². The molecule has 152 valence electrons. The summed E-state index contributed by atoms with van der Waals surface area (Å²) in [5.74, 6) is -1.71. The lowest BCUT2D eigenvalue weighted by atomic mass is 10.1. The van der Waals surface area contributed by atoms with E-state index in [-0.39, 0.29) is 23.6 Å². The third-order valence-corrected chi connectivity index (χ3v) is 4.59. The molecule has 2 aromatic carbocycles. The second-order valence-electron chi connectivity index (χ2n) is 6.63. The van der Waals surface area contributed by atoms with Crippen LogP contribution >= 0.6 is 0 Å². The molecule has 0 aliphatic carbocycles. The second kappa shape index (κ2) is 9.13. The number of halogens is 1. The first-order chi connectivity index (χ1) is 13.9. The highest BCUT2D eigenvalue weighted by molar-refractivity contribution is 5.97. The van der Waals surface area contributed by atoms with Crippen LogP contribution in [-0.2, 0) is 16.1 Å². The molecule has 0 spiro atoms.